The molecule has 0 saturated carbocycles. The summed E-state index contributed by atoms with van der Waals surface area (Å²) in [6.45, 7) is 0. The summed E-state index contributed by atoms with van der Waals surface area (Å²) in [5.74, 6) is 0. The standard InChI is InChI=1S/CH2O4.Mg.H2O3Si.2H/c2-1(3)5-4;;1-4(2)3;;/h4H,(H,2,3);;1-2H;;. The van der Waals surface area contributed by atoms with Crippen molar-refractivity contribution in [2.75, 3.05) is 0 Å². The van der Waals surface area contributed by atoms with Gasteiger partial charge in [-0.15, -0.1) is 0 Å². The Bertz CT molecular complexity index is 97.8. The van der Waals surface area contributed by atoms with Gasteiger partial charge < -0.3 is 14.7 Å². The van der Waals surface area contributed by atoms with Crippen LogP contribution < -0.4 is 0 Å². The van der Waals surface area contributed by atoms with Crippen molar-refractivity contribution in [2.45, 2.75) is 0 Å². The summed E-state index contributed by atoms with van der Waals surface area (Å²) in [4.78, 5) is 25.9. The van der Waals surface area contributed by atoms with Gasteiger partial charge in [0.1, 0.15) is 0 Å². The molecule has 10 heavy (non-hydrogen) atoms. The van der Waals surface area contributed by atoms with Crippen molar-refractivity contribution < 1.29 is 34.1 Å². The predicted octanol–water partition coefficient (Wildman–Crippen LogP) is -2.38. The molecule has 0 atom stereocenters. The van der Waals surface area contributed by atoms with E-state index in [9.17, 15) is 0 Å². The highest BCUT2D eigenvalue weighted by Crippen LogP contribution is 1.59. The largest absolute Gasteiger partial charge is 0.761 e. The van der Waals surface area contributed by atoms with Crippen molar-refractivity contribution in [3.63, 3.8) is 0 Å². The molecule has 0 heterocycles. The van der Waals surface area contributed by atoms with Gasteiger partial charge in [-0.2, -0.15) is 5.26 Å². The molecule has 0 aromatic carbocycles. The van der Waals surface area contributed by atoms with Crippen LogP contribution in [-0.2, 0) is 9.35 Å². The highest BCUT2D eigenvalue weighted by Gasteiger charge is 1.85. The zero-order valence-corrected chi connectivity index (χ0v) is 5.01. The average molecular weight is 182 g/mol. The molecule has 0 fully saturated rings. The maximum absolute atomic E-state index is 8.90. The first-order valence-electron chi connectivity index (χ1n) is 1.47. The van der Waals surface area contributed by atoms with E-state index in [0.29, 0.717) is 0 Å². The average Bonchev–Trinajstić information content (AvgIpc) is 1.65. The van der Waals surface area contributed by atoms with Crippen molar-refractivity contribution in [1.82, 2.24) is 0 Å². The molecule has 0 spiro atoms. The minimum absolute atomic E-state index is 0. The summed E-state index contributed by atoms with van der Waals surface area (Å²) in [7, 11) is -3.13. The van der Waals surface area contributed by atoms with Crippen molar-refractivity contribution in [2.24, 2.45) is 0 Å². The topological polar surface area (TPSA) is 124 Å². The van der Waals surface area contributed by atoms with E-state index in [1.54, 1.807) is 0 Å². The van der Waals surface area contributed by atoms with Crippen LogP contribution >= 0.6 is 0 Å². The fourth-order valence-corrected chi connectivity index (χ4v) is 0. The van der Waals surface area contributed by atoms with Crippen LogP contribution in [0.25, 0.3) is 0 Å². The second-order valence-electron chi connectivity index (χ2n) is 0.640. The Morgan fingerprint density at radius 3 is 1.50 bits per heavy atom. The summed E-state index contributed by atoms with van der Waals surface area (Å²) in [5, 5.41) is 14.3. The SMILES string of the molecule is O=C(O)OO.O=[Si](O)O.[MgH2]. The summed E-state index contributed by atoms with van der Waals surface area (Å²) >= 11 is 0. The molecule has 58 valence electrons. The van der Waals surface area contributed by atoms with Gasteiger partial charge in [-0.1, -0.05) is 0 Å². The van der Waals surface area contributed by atoms with Crippen molar-refractivity contribution in [3.8, 4) is 0 Å². The number of carboxylic acid groups (broad SMARTS) is 1. The van der Waals surface area contributed by atoms with Crippen LogP contribution in [0.4, 0.5) is 4.79 Å². The van der Waals surface area contributed by atoms with Gasteiger partial charge in [0.05, 0.1) is 0 Å². The molecule has 0 bridgehead atoms. The number of carbonyl (C=O) groups is 1. The normalized spacial score (nSPS) is 5.70. The molecule has 0 aliphatic carbocycles. The maximum Gasteiger partial charge on any atom is 0.761 e. The first-order valence-corrected chi connectivity index (χ1v) is 2.77. The molecule has 4 N–H and O–H groups in total. The van der Waals surface area contributed by atoms with E-state index in [1.165, 1.54) is 0 Å². The van der Waals surface area contributed by atoms with Crippen LogP contribution in [0.5, 0.6) is 0 Å². The molecule has 7 nitrogen and oxygen atoms in total. The van der Waals surface area contributed by atoms with E-state index in [0.717, 1.165) is 0 Å². The minimum Gasteiger partial charge on any atom is -0.511 e. The molecule has 0 aromatic rings. The van der Waals surface area contributed by atoms with E-state index in [2.05, 4.69) is 4.89 Å². The molecule has 0 rings (SSSR count). The van der Waals surface area contributed by atoms with Crippen LogP contribution in [0.2, 0.25) is 0 Å². The van der Waals surface area contributed by atoms with Gasteiger partial charge in [0.15, 0.2) is 0 Å². The van der Waals surface area contributed by atoms with E-state index >= 15 is 0 Å². The smallest absolute Gasteiger partial charge is 0.511 e. The molecule has 0 amide bonds. The van der Waals surface area contributed by atoms with Gasteiger partial charge in [-0.25, -0.2) is 4.79 Å². The maximum atomic E-state index is 8.90. The quantitative estimate of drug-likeness (QED) is 0.187. The minimum atomic E-state index is -3.13. The monoisotopic (exact) mass is 182 g/mol. The number of hydrogen-bond acceptors (Lipinski definition) is 4. The highest BCUT2D eigenvalue weighted by atomic mass is 28.3. The third-order valence-corrected chi connectivity index (χ3v) is 0.0781. The second kappa shape index (κ2) is 11.4. The Kier molecular flexibility index (Phi) is 18.6. The second-order valence-corrected chi connectivity index (χ2v) is 1.20. The van der Waals surface area contributed by atoms with E-state index < -0.39 is 15.3 Å². The zero-order chi connectivity index (χ0) is 7.86. The summed E-state index contributed by atoms with van der Waals surface area (Å²) in [5.41, 5.74) is 0. The third-order valence-electron chi connectivity index (χ3n) is 0.0781. The van der Waals surface area contributed by atoms with Crippen LogP contribution in [0.3, 0.4) is 0 Å². The predicted molar refractivity (Wildman–Crippen MR) is 31.2 cm³/mol. The van der Waals surface area contributed by atoms with Crippen molar-refractivity contribution in [1.29, 1.82) is 0 Å². The van der Waals surface area contributed by atoms with Crippen molar-refractivity contribution >= 4 is 38.4 Å². The molecule has 0 unspecified atom stereocenters. The zero-order valence-electron chi connectivity index (χ0n) is 4.01. The molecule has 0 radical (unpaired) electrons. The lowest BCUT2D eigenvalue weighted by Crippen LogP contribution is -1.91. The van der Waals surface area contributed by atoms with Crippen LogP contribution in [-0.4, -0.2) is 58.3 Å². The summed E-state index contributed by atoms with van der Waals surface area (Å²) in [6, 6.07) is 0. The molecule has 0 aliphatic heterocycles. The molecule has 0 aliphatic rings. The fourth-order valence-electron chi connectivity index (χ4n) is 0. The van der Waals surface area contributed by atoms with Gasteiger partial charge >= 0.3 is 38.4 Å². The molecular formula is CH6MgO7Si. The Balaban J connectivity index is -0.0000000910. The fraction of sp³-hybridized carbons (Fsp3) is 0. The molecular weight excluding hydrogens is 176 g/mol. The van der Waals surface area contributed by atoms with Gasteiger partial charge in [0.25, 0.3) is 0 Å². The van der Waals surface area contributed by atoms with E-state index in [1.807, 2.05) is 0 Å². The molecule has 0 aromatic heterocycles. The third kappa shape index (κ3) is 128. The van der Waals surface area contributed by atoms with Gasteiger partial charge in [0.2, 0.25) is 0 Å². The number of hydrogen-bond donors (Lipinski definition) is 4. The van der Waals surface area contributed by atoms with Gasteiger partial charge in [-0.05, 0) is 0 Å². The van der Waals surface area contributed by atoms with E-state index in [4.69, 9.17) is 29.2 Å². The Hall–Kier alpha value is -0.387. The van der Waals surface area contributed by atoms with Crippen LogP contribution in [0, 0.1) is 0 Å². The van der Waals surface area contributed by atoms with Crippen LogP contribution in [0.1, 0.15) is 0 Å². The Morgan fingerprint density at radius 1 is 1.40 bits per heavy atom. The lowest BCUT2D eigenvalue weighted by Gasteiger charge is -1.75. The summed E-state index contributed by atoms with van der Waals surface area (Å²) < 4.78 is 8.74. The first kappa shape index (κ1) is 16.3. The lowest BCUT2D eigenvalue weighted by molar-refractivity contribution is -0.194. The molecule has 9 heteroatoms. The van der Waals surface area contributed by atoms with E-state index in [-0.39, 0.29) is 23.1 Å². The molecule has 0 saturated heterocycles. The Labute approximate surface area is 72.8 Å². The number of rotatable bonds is 0. The van der Waals surface area contributed by atoms with Gasteiger partial charge in [-0.3, -0.25) is 9.35 Å². The Morgan fingerprint density at radius 2 is 1.50 bits per heavy atom. The van der Waals surface area contributed by atoms with Gasteiger partial charge in [0, 0.05) is 0 Å². The van der Waals surface area contributed by atoms with Crippen LogP contribution in [0.15, 0.2) is 0 Å². The highest BCUT2D eigenvalue weighted by molar-refractivity contribution is 6.22. The summed E-state index contributed by atoms with van der Waals surface area (Å²) in [6.07, 6.45) is -1.69. The lowest BCUT2D eigenvalue weighted by atomic mass is 11.5. The van der Waals surface area contributed by atoms with Crippen molar-refractivity contribution in [3.05, 3.63) is 0 Å². The first-order chi connectivity index (χ1) is 4.00.